The molecule has 2 aromatic rings. The number of hydrogen-bond acceptors (Lipinski definition) is 2. The smallest absolute Gasteiger partial charge is 0.315 e. The fourth-order valence-corrected chi connectivity index (χ4v) is 2.24. The van der Waals surface area contributed by atoms with E-state index >= 15 is 0 Å². The van der Waals surface area contributed by atoms with Gasteiger partial charge in [-0.05, 0) is 24.6 Å². The summed E-state index contributed by atoms with van der Waals surface area (Å²) in [6, 6.07) is 13.1. The topological polar surface area (TPSA) is 54.0 Å². The molecule has 0 fully saturated rings. The van der Waals surface area contributed by atoms with Crippen LogP contribution in [0.1, 0.15) is 22.9 Å². The minimum Gasteiger partial charge on any atom is -0.336 e. The zero-order valence-corrected chi connectivity index (χ0v) is 12.6. The molecule has 116 valence electrons. The van der Waals surface area contributed by atoms with Crippen molar-refractivity contribution in [3.05, 3.63) is 65.5 Å². The van der Waals surface area contributed by atoms with E-state index in [1.54, 1.807) is 6.20 Å². The van der Waals surface area contributed by atoms with E-state index in [-0.39, 0.29) is 18.6 Å². The summed E-state index contributed by atoms with van der Waals surface area (Å²) in [5, 5.41) is 5.37. The van der Waals surface area contributed by atoms with Gasteiger partial charge in [0.15, 0.2) is 0 Å². The van der Waals surface area contributed by atoms with Gasteiger partial charge in [0.05, 0.1) is 6.04 Å². The Labute approximate surface area is 129 Å². The van der Waals surface area contributed by atoms with Crippen LogP contribution in [-0.2, 0) is 6.42 Å². The van der Waals surface area contributed by atoms with Crippen molar-refractivity contribution in [2.75, 3.05) is 13.2 Å². The first kappa shape index (κ1) is 15.9. The Kier molecular flexibility index (Phi) is 5.89. The molecule has 1 aromatic carbocycles. The number of nitrogens with one attached hydrogen (secondary N) is 2. The number of nitrogens with zero attached hydrogens (tertiary/aromatic N) is 1. The van der Waals surface area contributed by atoms with Gasteiger partial charge in [0.25, 0.3) is 0 Å². The number of aromatic nitrogens is 1. The average molecular weight is 301 g/mol. The van der Waals surface area contributed by atoms with Gasteiger partial charge < -0.3 is 10.6 Å². The molecule has 0 bridgehead atoms. The van der Waals surface area contributed by atoms with Crippen LogP contribution >= 0.6 is 0 Å². The van der Waals surface area contributed by atoms with Crippen molar-refractivity contribution in [2.45, 2.75) is 19.4 Å². The number of amides is 2. The lowest BCUT2D eigenvalue weighted by Crippen LogP contribution is -2.39. The van der Waals surface area contributed by atoms with Crippen LogP contribution in [0.4, 0.5) is 9.18 Å². The van der Waals surface area contributed by atoms with Crippen LogP contribution < -0.4 is 10.6 Å². The van der Waals surface area contributed by atoms with E-state index in [1.165, 1.54) is 0 Å². The number of carbonyl (C=O) groups excluding carboxylic acids is 1. The summed E-state index contributed by atoms with van der Waals surface area (Å²) in [6.07, 6.45) is 2.30. The molecule has 0 saturated carbocycles. The number of urea groups is 1. The third kappa shape index (κ3) is 4.84. The summed E-state index contributed by atoms with van der Waals surface area (Å²) in [5.41, 5.74) is 3.01. The Balaban J connectivity index is 2.15. The summed E-state index contributed by atoms with van der Waals surface area (Å²) in [6.45, 7) is 1.43. The summed E-state index contributed by atoms with van der Waals surface area (Å²) in [7, 11) is 0. The monoisotopic (exact) mass is 301 g/mol. The lowest BCUT2D eigenvalue weighted by Gasteiger charge is -2.19. The van der Waals surface area contributed by atoms with Crippen molar-refractivity contribution >= 4 is 6.03 Å². The highest BCUT2D eigenvalue weighted by molar-refractivity contribution is 5.74. The summed E-state index contributed by atoms with van der Waals surface area (Å²) < 4.78 is 12.2. The predicted molar refractivity (Wildman–Crippen MR) is 84.4 cm³/mol. The van der Waals surface area contributed by atoms with Gasteiger partial charge in [0.1, 0.15) is 6.67 Å². The number of hydrogen-bond donors (Lipinski definition) is 2. The number of rotatable bonds is 6. The third-order valence-corrected chi connectivity index (χ3v) is 3.27. The molecule has 2 amide bonds. The maximum Gasteiger partial charge on any atom is 0.315 e. The minimum atomic E-state index is -0.581. The van der Waals surface area contributed by atoms with Gasteiger partial charge in [0.2, 0.25) is 0 Å². The van der Waals surface area contributed by atoms with Crippen LogP contribution in [0, 0.1) is 6.92 Å². The van der Waals surface area contributed by atoms with Gasteiger partial charge in [0, 0.05) is 24.9 Å². The fraction of sp³-hybridized carbons (Fsp3) is 0.294. The molecule has 5 heteroatoms. The van der Waals surface area contributed by atoms with Crippen LogP contribution in [0.3, 0.4) is 0 Å². The molecule has 1 atom stereocenters. The highest BCUT2D eigenvalue weighted by Crippen LogP contribution is 2.18. The van der Waals surface area contributed by atoms with Crippen molar-refractivity contribution in [3.8, 4) is 0 Å². The standard InChI is InChI=1S/C17H20FN3O/c1-13-5-4-6-14(11-13)16(21-17(22)20-10-8-18)12-15-7-2-3-9-19-15/h2-7,9,11,16H,8,10,12H2,1H3,(H2,20,21,22). The molecule has 2 N–H and O–H groups in total. The van der Waals surface area contributed by atoms with Crippen molar-refractivity contribution in [1.82, 2.24) is 15.6 Å². The molecule has 1 unspecified atom stereocenters. The first-order valence-electron chi connectivity index (χ1n) is 7.26. The maximum atomic E-state index is 12.2. The zero-order valence-electron chi connectivity index (χ0n) is 12.6. The van der Waals surface area contributed by atoms with E-state index in [0.29, 0.717) is 6.42 Å². The minimum absolute atomic E-state index is 0.00988. The second-order valence-corrected chi connectivity index (χ2v) is 5.08. The van der Waals surface area contributed by atoms with Crippen LogP contribution in [0.2, 0.25) is 0 Å². The van der Waals surface area contributed by atoms with Crippen molar-refractivity contribution in [2.24, 2.45) is 0 Å². The largest absolute Gasteiger partial charge is 0.336 e. The Hall–Kier alpha value is -2.43. The molecule has 0 aliphatic rings. The summed E-state index contributed by atoms with van der Waals surface area (Å²) in [4.78, 5) is 16.2. The van der Waals surface area contributed by atoms with Gasteiger partial charge in [-0.1, -0.05) is 35.9 Å². The third-order valence-electron chi connectivity index (χ3n) is 3.27. The van der Waals surface area contributed by atoms with E-state index in [1.807, 2.05) is 49.4 Å². The normalized spacial score (nSPS) is 11.7. The lowest BCUT2D eigenvalue weighted by atomic mass is 10.00. The Bertz CT molecular complexity index is 604. The van der Waals surface area contributed by atoms with Gasteiger partial charge >= 0.3 is 6.03 Å². The molecule has 4 nitrogen and oxygen atoms in total. The molecule has 0 aliphatic heterocycles. The number of alkyl halides is 1. The van der Waals surface area contributed by atoms with E-state index in [0.717, 1.165) is 16.8 Å². The lowest BCUT2D eigenvalue weighted by molar-refractivity contribution is 0.235. The van der Waals surface area contributed by atoms with Crippen LogP contribution in [-0.4, -0.2) is 24.2 Å². The molecule has 22 heavy (non-hydrogen) atoms. The second-order valence-electron chi connectivity index (χ2n) is 5.08. The molecule has 0 saturated heterocycles. The van der Waals surface area contributed by atoms with Gasteiger partial charge in [-0.3, -0.25) is 4.98 Å². The quantitative estimate of drug-likeness (QED) is 0.862. The molecule has 2 rings (SSSR count). The van der Waals surface area contributed by atoms with Gasteiger partial charge in [-0.2, -0.15) is 0 Å². The molecule has 0 aliphatic carbocycles. The van der Waals surface area contributed by atoms with E-state index in [9.17, 15) is 9.18 Å². The SMILES string of the molecule is Cc1cccc(C(Cc2ccccn2)NC(=O)NCCF)c1. The Morgan fingerprint density at radius 2 is 2.14 bits per heavy atom. The van der Waals surface area contributed by atoms with Crippen molar-refractivity contribution < 1.29 is 9.18 Å². The van der Waals surface area contributed by atoms with E-state index in [2.05, 4.69) is 15.6 Å². The second kappa shape index (κ2) is 8.12. The molecule has 1 heterocycles. The number of halogens is 1. The highest BCUT2D eigenvalue weighted by atomic mass is 19.1. The van der Waals surface area contributed by atoms with Gasteiger partial charge in [-0.15, -0.1) is 0 Å². The number of benzene rings is 1. The van der Waals surface area contributed by atoms with Crippen LogP contribution in [0.15, 0.2) is 48.7 Å². The van der Waals surface area contributed by atoms with Crippen LogP contribution in [0.25, 0.3) is 0 Å². The molecule has 0 radical (unpaired) electrons. The van der Waals surface area contributed by atoms with E-state index in [4.69, 9.17) is 0 Å². The predicted octanol–water partition coefficient (Wildman–Crippen LogP) is 2.94. The van der Waals surface area contributed by atoms with Crippen molar-refractivity contribution in [3.63, 3.8) is 0 Å². The fourth-order valence-electron chi connectivity index (χ4n) is 2.24. The molecule has 0 spiro atoms. The zero-order chi connectivity index (χ0) is 15.8. The van der Waals surface area contributed by atoms with Crippen molar-refractivity contribution in [1.29, 1.82) is 0 Å². The highest BCUT2D eigenvalue weighted by Gasteiger charge is 2.16. The van der Waals surface area contributed by atoms with E-state index < -0.39 is 6.67 Å². The van der Waals surface area contributed by atoms with Crippen LogP contribution in [0.5, 0.6) is 0 Å². The first-order valence-corrected chi connectivity index (χ1v) is 7.26. The van der Waals surface area contributed by atoms with Gasteiger partial charge in [-0.25, -0.2) is 9.18 Å². The summed E-state index contributed by atoms with van der Waals surface area (Å²) in [5.74, 6) is 0. The molecule has 1 aromatic heterocycles. The molecular formula is C17H20FN3O. The average Bonchev–Trinajstić information content (AvgIpc) is 2.53. The Morgan fingerprint density at radius 1 is 1.27 bits per heavy atom. The number of pyridine rings is 1. The Morgan fingerprint density at radius 3 is 2.82 bits per heavy atom. The molecular weight excluding hydrogens is 281 g/mol. The number of carbonyl (C=O) groups is 1. The summed E-state index contributed by atoms with van der Waals surface area (Å²) >= 11 is 0. The maximum absolute atomic E-state index is 12.2. The number of aryl methyl sites for hydroxylation is 1. The first-order chi connectivity index (χ1) is 10.7.